The van der Waals surface area contributed by atoms with Crippen molar-refractivity contribution in [2.24, 2.45) is 0 Å². The Morgan fingerprint density at radius 2 is 1.18 bits per heavy atom. The third kappa shape index (κ3) is 5.28. The van der Waals surface area contributed by atoms with Crippen molar-refractivity contribution in [2.45, 2.75) is 52.4 Å². The second-order valence-electron chi connectivity index (χ2n) is 11.0. The number of anilines is 3. The van der Waals surface area contributed by atoms with Gasteiger partial charge in [0.1, 0.15) is 0 Å². The quantitative estimate of drug-likeness (QED) is 0.263. The molecule has 4 aromatic rings. The summed E-state index contributed by atoms with van der Waals surface area (Å²) in [7, 11) is 0. The zero-order valence-electron chi connectivity index (χ0n) is 21.1. The van der Waals surface area contributed by atoms with Gasteiger partial charge in [0, 0.05) is 21.4 Å². The minimum atomic E-state index is 0.0665. The molecule has 2 heteroatoms. The Hall–Kier alpha value is -2.84. The lowest BCUT2D eigenvalue weighted by Gasteiger charge is -2.30. The van der Waals surface area contributed by atoms with Crippen LogP contribution in [0.3, 0.4) is 0 Å². The molecule has 0 aliphatic carbocycles. The molecule has 0 fully saturated rings. The van der Waals surface area contributed by atoms with Crippen LogP contribution in [0.2, 0.25) is 0 Å². The van der Waals surface area contributed by atoms with Crippen LogP contribution < -0.4 is 4.90 Å². The lowest BCUT2D eigenvalue weighted by Crippen LogP contribution is -2.15. The second kappa shape index (κ2) is 9.43. The van der Waals surface area contributed by atoms with Gasteiger partial charge in [0.2, 0.25) is 0 Å². The zero-order chi connectivity index (χ0) is 24.5. The number of nitrogens with zero attached hydrogens (tertiary/aromatic N) is 1. The average molecular weight is 513 g/mol. The number of halogens is 1. The van der Waals surface area contributed by atoms with Crippen molar-refractivity contribution >= 4 is 33.0 Å². The van der Waals surface area contributed by atoms with Gasteiger partial charge >= 0.3 is 0 Å². The summed E-state index contributed by atoms with van der Waals surface area (Å²) >= 11 is 3.69. The van der Waals surface area contributed by atoms with Gasteiger partial charge in [-0.3, -0.25) is 0 Å². The van der Waals surface area contributed by atoms with E-state index in [1.165, 1.54) is 27.9 Å². The summed E-state index contributed by atoms with van der Waals surface area (Å²) in [6.07, 6.45) is 0. The molecule has 0 unspecified atom stereocenters. The summed E-state index contributed by atoms with van der Waals surface area (Å²) in [5, 5.41) is 0. The number of hydrogen-bond donors (Lipinski definition) is 0. The summed E-state index contributed by atoms with van der Waals surface area (Å²) in [6, 6.07) is 35.2. The van der Waals surface area contributed by atoms with Crippen LogP contribution in [-0.2, 0) is 10.8 Å². The molecule has 0 spiro atoms. The Kier molecular flexibility index (Phi) is 6.73. The second-order valence-corrected chi connectivity index (χ2v) is 11.9. The minimum Gasteiger partial charge on any atom is -0.310 e. The highest BCUT2D eigenvalue weighted by Crippen LogP contribution is 2.43. The third-order valence-corrected chi connectivity index (χ3v) is 6.74. The van der Waals surface area contributed by atoms with E-state index in [4.69, 9.17) is 0 Å². The highest BCUT2D eigenvalue weighted by atomic mass is 79.9. The fraction of sp³-hybridized carbons (Fsp3) is 0.250. The lowest BCUT2D eigenvalue weighted by molar-refractivity contribution is 0.590. The first-order chi connectivity index (χ1) is 16.0. The maximum absolute atomic E-state index is 3.69. The van der Waals surface area contributed by atoms with Gasteiger partial charge in [-0.2, -0.15) is 0 Å². The van der Waals surface area contributed by atoms with E-state index in [0.29, 0.717) is 0 Å². The van der Waals surface area contributed by atoms with E-state index < -0.39 is 0 Å². The van der Waals surface area contributed by atoms with Gasteiger partial charge in [-0.15, -0.1) is 0 Å². The molecule has 34 heavy (non-hydrogen) atoms. The molecule has 0 amide bonds. The highest BCUT2D eigenvalue weighted by molar-refractivity contribution is 9.10. The molecule has 0 radical (unpaired) electrons. The predicted molar refractivity (Wildman–Crippen MR) is 152 cm³/mol. The van der Waals surface area contributed by atoms with Gasteiger partial charge in [-0.25, -0.2) is 0 Å². The van der Waals surface area contributed by atoms with Crippen molar-refractivity contribution in [3.63, 3.8) is 0 Å². The van der Waals surface area contributed by atoms with Crippen LogP contribution in [0.25, 0.3) is 11.1 Å². The molecule has 0 bridgehead atoms. The maximum atomic E-state index is 3.69. The van der Waals surface area contributed by atoms with Crippen LogP contribution in [0.5, 0.6) is 0 Å². The zero-order valence-corrected chi connectivity index (χ0v) is 22.6. The van der Waals surface area contributed by atoms with E-state index in [0.717, 1.165) is 15.8 Å². The Morgan fingerprint density at radius 1 is 0.559 bits per heavy atom. The Bertz CT molecular complexity index is 1260. The first-order valence-electron chi connectivity index (χ1n) is 11.9. The molecule has 4 aromatic carbocycles. The normalized spacial score (nSPS) is 12.0. The molecule has 0 aliphatic rings. The van der Waals surface area contributed by atoms with E-state index in [1.54, 1.807) is 0 Å². The molecule has 0 heterocycles. The van der Waals surface area contributed by atoms with Gasteiger partial charge in [0.15, 0.2) is 0 Å². The maximum Gasteiger partial charge on any atom is 0.0540 e. The molecule has 174 valence electrons. The van der Waals surface area contributed by atoms with E-state index in [9.17, 15) is 0 Å². The molecular formula is C32H34BrN. The van der Waals surface area contributed by atoms with Crippen molar-refractivity contribution in [3.8, 4) is 11.1 Å². The van der Waals surface area contributed by atoms with Gasteiger partial charge in [0.25, 0.3) is 0 Å². The van der Waals surface area contributed by atoms with E-state index in [1.807, 2.05) is 0 Å². The molecule has 1 nitrogen and oxygen atoms in total. The van der Waals surface area contributed by atoms with Crippen LogP contribution in [0, 0.1) is 0 Å². The topological polar surface area (TPSA) is 3.24 Å². The monoisotopic (exact) mass is 511 g/mol. The van der Waals surface area contributed by atoms with Crippen molar-refractivity contribution in [1.29, 1.82) is 0 Å². The SMILES string of the molecule is CC(C)(C)c1ccc(N(c2cccc(Br)c2)c2ccc(C(C)(C)C)cc2-c2ccccc2)cc1. The summed E-state index contributed by atoms with van der Waals surface area (Å²) in [5.41, 5.74) is 8.72. The Morgan fingerprint density at radius 3 is 1.76 bits per heavy atom. The van der Waals surface area contributed by atoms with Crippen molar-refractivity contribution in [3.05, 3.63) is 113 Å². The first-order valence-corrected chi connectivity index (χ1v) is 12.7. The molecule has 0 saturated carbocycles. The number of benzene rings is 4. The lowest BCUT2D eigenvalue weighted by atomic mass is 9.84. The van der Waals surface area contributed by atoms with E-state index in [2.05, 4.69) is 159 Å². The standard InChI is InChI=1S/C32H34BrN/c1-31(2,3)24-15-18-27(19-16-24)34(28-14-10-13-26(33)22-28)30-20-17-25(32(4,5)6)21-29(30)23-11-8-7-9-12-23/h7-22H,1-6H3. The van der Waals surface area contributed by atoms with Crippen molar-refractivity contribution < 1.29 is 0 Å². The Balaban J connectivity index is 1.97. The summed E-state index contributed by atoms with van der Waals surface area (Å²) in [5.74, 6) is 0. The molecule has 0 N–H and O–H groups in total. The Labute approximate surface area is 213 Å². The van der Waals surface area contributed by atoms with Crippen LogP contribution >= 0.6 is 15.9 Å². The fourth-order valence-corrected chi connectivity index (χ4v) is 4.59. The van der Waals surface area contributed by atoms with Crippen molar-refractivity contribution in [1.82, 2.24) is 0 Å². The summed E-state index contributed by atoms with van der Waals surface area (Å²) in [4.78, 5) is 2.37. The van der Waals surface area contributed by atoms with Gasteiger partial charge < -0.3 is 4.90 Å². The van der Waals surface area contributed by atoms with E-state index in [-0.39, 0.29) is 10.8 Å². The smallest absolute Gasteiger partial charge is 0.0540 e. The average Bonchev–Trinajstić information content (AvgIpc) is 2.79. The highest BCUT2D eigenvalue weighted by Gasteiger charge is 2.22. The van der Waals surface area contributed by atoms with Crippen LogP contribution in [0.1, 0.15) is 52.7 Å². The molecule has 0 saturated heterocycles. The van der Waals surface area contributed by atoms with Crippen LogP contribution in [0.4, 0.5) is 17.1 Å². The molecular weight excluding hydrogens is 478 g/mol. The van der Waals surface area contributed by atoms with Gasteiger partial charge in [-0.05, 0) is 70.0 Å². The number of rotatable bonds is 4. The molecule has 0 atom stereocenters. The van der Waals surface area contributed by atoms with Crippen LogP contribution in [0.15, 0.2) is 102 Å². The number of hydrogen-bond acceptors (Lipinski definition) is 1. The van der Waals surface area contributed by atoms with Gasteiger partial charge in [0.05, 0.1) is 5.69 Å². The summed E-state index contributed by atoms with van der Waals surface area (Å²) < 4.78 is 1.06. The predicted octanol–water partition coefficient (Wildman–Crippen LogP) is 10.2. The third-order valence-electron chi connectivity index (χ3n) is 6.25. The van der Waals surface area contributed by atoms with Crippen molar-refractivity contribution in [2.75, 3.05) is 4.90 Å². The largest absolute Gasteiger partial charge is 0.310 e. The van der Waals surface area contributed by atoms with Gasteiger partial charge in [-0.1, -0.05) is 112 Å². The summed E-state index contributed by atoms with van der Waals surface area (Å²) in [6.45, 7) is 13.6. The molecule has 0 aromatic heterocycles. The molecule has 4 rings (SSSR count). The minimum absolute atomic E-state index is 0.0665. The van der Waals surface area contributed by atoms with E-state index >= 15 is 0 Å². The fourth-order valence-electron chi connectivity index (χ4n) is 4.20. The molecule has 0 aliphatic heterocycles. The van der Waals surface area contributed by atoms with Crippen LogP contribution in [-0.4, -0.2) is 0 Å². The first kappa shape index (κ1) is 24.3.